The molecule has 14 heavy (non-hydrogen) atoms. The Labute approximate surface area is 101 Å². The van der Waals surface area contributed by atoms with Crippen LogP contribution in [-0.4, -0.2) is 18.2 Å². The van der Waals surface area contributed by atoms with Crippen molar-refractivity contribution in [1.29, 1.82) is 5.41 Å². The Bertz CT molecular complexity index is 345. The fourth-order valence-electron chi connectivity index (χ4n) is 1.02. The van der Waals surface area contributed by atoms with Gasteiger partial charge in [0.2, 0.25) is 0 Å². The van der Waals surface area contributed by atoms with Crippen LogP contribution in [0.2, 0.25) is 10.0 Å². The van der Waals surface area contributed by atoms with Crippen molar-refractivity contribution in [2.45, 2.75) is 0 Å². The summed E-state index contributed by atoms with van der Waals surface area (Å²) in [5.41, 5.74) is 0.897. The molecule has 0 unspecified atom stereocenters. The average Bonchev–Trinajstić information content (AvgIpc) is 2.16. The van der Waals surface area contributed by atoms with E-state index in [1.807, 2.05) is 0 Å². The molecule has 2 nitrogen and oxygen atoms in total. The second-order valence-electron chi connectivity index (χ2n) is 2.58. The van der Waals surface area contributed by atoms with Gasteiger partial charge in [-0.05, 0) is 12.1 Å². The molecule has 0 atom stereocenters. The van der Waals surface area contributed by atoms with Crippen LogP contribution >= 0.6 is 39.1 Å². The normalized spacial score (nSPS) is 10.0. The summed E-state index contributed by atoms with van der Waals surface area (Å²) in [6.07, 6.45) is 0. The fourth-order valence-corrected chi connectivity index (χ4v) is 2.00. The molecule has 0 fully saturated rings. The Balaban J connectivity index is 3.25. The van der Waals surface area contributed by atoms with Gasteiger partial charge in [-0.25, -0.2) is 0 Å². The first-order chi connectivity index (χ1) is 6.60. The molecule has 5 heteroatoms. The lowest BCUT2D eigenvalue weighted by atomic mass is 10.1. The van der Waals surface area contributed by atoms with Crippen molar-refractivity contribution in [2.24, 2.45) is 0 Å². The van der Waals surface area contributed by atoms with Crippen LogP contribution in [0.3, 0.4) is 0 Å². The minimum absolute atomic E-state index is 0.350. The zero-order valence-corrected chi connectivity index (χ0v) is 10.5. The third kappa shape index (κ3) is 2.41. The third-order valence-electron chi connectivity index (χ3n) is 1.69. The largest absolute Gasteiger partial charge is 0.497 e. The van der Waals surface area contributed by atoms with Crippen LogP contribution in [0.15, 0.2) is 12.1 Å². The molecule has 0 bridgehead atoms. The number of ether oxygens (including phenoxy) is 1. The summed E-state index contributed by atoms with van der Waals surface area (Å²) in [4.78, 5) is 0. The second kappa shape index (κ2) is 5.01. The molecular weight excluding hydrogens is 289 g/mol. The van der Waals surface area contributed by atoms with Crippen molar-refractivity contribution in [3.63, 3.8) is 0 Å². The van der Waals surface area contributed by atoms with Crippen molar-refractivity contribution >= 4 is 44.8 Å². The Morgan fingerprint density at radius 3 is 2.29 bits per heavy atom. The number of hydrogen-bond donors (Lipinski definition) is 1. The molecule has 0 saturated heterocycles. The van der Waals surface area contributed by atoms with Crippen molar-refractivity contribution in [3.05, 3.63) is 27.7 Å². The van der Waals surface area contributed by atoms with E-state index < -0.39 is 0 Å². The molecule has 1 aromatic rings. The van der Waals surface area contributed by atoms with E-state index in [1.165, 1.54) is 7.11 Å². The first-order valence-corrected chi connectivity index (χ1v) is 5.64. The van der Waals surface area contributed by atoms with Gasteiger partial charge in [0.05, 0.1) is 22.9 Å². The lowest BCUT2D eigenvalue weighted by Gasteiger charge is -2.08. The van der Waals surface area contributed by atoms with Gasteiger partial charge in [-0.3, -0.25) is 0 Å². The van der Waals surface area contributed by atoms with Gasteiger partial charge in [0, 0.05) is 10.9 Å². The standard InChI is InChI=1S/C9H8BrCl2NO/c1-14-5-2-6(11)9(7(12)3-5)8(13)4-10/h2-3,13H,4H2,1H3. The van der Waals surface area contributed by atoms with Crippen molar-refractivity contribution < 1.29 is 4.74 Å². The Morgan fingerprint density at radius 1 is 1.43 bits per heavy atom. The minimum Gasteiger partial charge on any atom is -0.497 e. The van der Waals surface area contributed by atoms with E-state index in [9.17, 15) is 0 Å². The van der Waals surface area contributed by atoms with E-state index >= 15 is 0 Å². The van der Waals surface area contributed by atoms with Gasteiger partial charge in [-0.1, -0.05) is 39.1 Å². The zero-order chi connectivity index (χ0) is 10.7. The summed E-state index contributed by atoms with van der Waals surface area (Å²) < 4.78 is 4.99. The Morgan fingerprint density at radius 2 is 1.93 bits per heavy atom. The quantitative estimate of drug-likeness (QED) is 0.668. The van der Waals surface area contributed by atoms with E-state index in [4.69, 9.17) is 33.3 Å². The number of benzene rings is 1. The lowest BCUT2D eigenvalue weighted by Crippen LogP contribution is -2.02. The monoisotopic (exact) mass is 295 g/mol. The minimum atomic E-state index is 0.350. The van der Waals surface area contributed by atoms with Gasteiger partial charge in [0.15, 0.2) is 0 Å². The summed E-state index contributed by atoms with van der Waals surface area (Å²) in [6, 6.07) is 3.28. The van der Waals surface area contributed by atoms with Crippen molar-refractivity contribution in [2.75, 3.05) is 12.4 Å². The van der Waals surface area contributed by atoms with Gasteiger partial charge in [-0.15, -0.1) is 0 Å². The van der Waals surface area contributed by atoms with Gasteiger partial charge >= 0.3 is 0 Å². The molecule has 0 spiro atoms. The SMILES string of the molecule is COc1cc(Cl)c(C(=N)CBr)c(Cl)c1. The zero-order valence-electron chi connectivity index (χ0n) is 7.40. The molecule has 0 heterocycles. The summed E-state index contributed by atoms with van der Waals surface area (Å²) in [5, 5.41) is 8.91. The maximum Gasteiger partial charge on any atom is 0.121 e. The average molecular weight is 297 g/mol. The van der Waals surface area contributed by atoms with Crippen LogP contribution in [-0.2, 0) is 0 Å². The van der Waals surface area contributed by atoms with E-state index in [-0.39, 0.29) is 0 Å². The van der Waals surface area contributed by atoms with E-state index in [0.29, 0.717) is 32.4 Å². The van der Waals surface area contributed by atoms with Crippen LogP contribution < -0.4 is 4.74 Å². The molecule has 1 aromatic carbocycles. The predicted octanol–water partition coefficient (Wildman–Crippen LogP) is 3.76. The number of hydrogen-bond acceptors (Lipinski definition) is 2. The molecule has 0 radical (unpaired) electrons. The molecule has 0 aliphatic rings. The first kappa shape index (κ1) is 11.8. The summed E-state index contributed by atoms with van der Waals surface area (Å²) in [6.45, 7) is 0. The van der Waals surface area contributed by atoms with Gasteiger partial charge in [0.1, 0.15) is 5.75 Å². The topological polar surface area (TPSA) is 33.1 Å². The van der Waals surface area contributed by atoms with E-state index in [0.717, 1.165) is 0 Å². The molecule has 0 aromatic heterocycles. The van der Waals surface area contributed by atoms with Gasteiger partial charge in [0.25, 0.3) is 0 Å². The van der Waals surface area contributed by atoms with Crippen LogP contribution in [0.25, 0.3) is 0 Å². The molecule has 0 amide bonds. The Kier molecular flexibility index (Phi) is 4.23. The molecule has 1 N–H and O–H groups in total. The Hall–Kier alpha value is -0.250. The number of methoxy groups -OCH3 is 1. The molecule has 0 aliphatic carbocycles. The highest BCUT2D eigenvalue weighted by molar-refractivity contribution is 9.09. The highest BCUT2D eigenvalue weighted by Gasteiger charge is 2.12. The van der Waals surface area contributed by atoms with Crippen LogP contribution in [0.5, 0.6) is 5.75 Å². The van der Waals surface area contributed by atoms with Gasteiger partial charge < -0.3 is 10.1 Å². The molecule has 1 rings (SSSR count). The predicted molar refractivity (Wildman–Crippen MR) is 63.6 cm³/mol. The van der Waals surface area contributed by atoms with Crippen molar-refractivity contribution in [3.8, 4) is 5.75 Å². The van der Waals surface area contributed by atoms with Crippen LogP contribution in [0.1, 0.15) is 5.56 Å². The molecule has 76 valence electrons. The number of alkyl halides is 1. The maximum atomic E-state index is 7.63. The number of halogens is 3. The lowest BCUT2D eigenvalue weighted by molar-refractivity contribution is 0.415. The maximum absolute atomic E-state index is 7.63. The summed E-state index contributed by atoms with van der Waals surface area (Å²) >= 11 is 15.1. The van der Waals surface area contributed by atoms with E-state index in [2.05, 4.69) is 15.9 Å². The van der Waals surface area contributed by atoms with Crippen LogP contribution in [0.4, 0.5) is 0 Å². The third-order valence-corrected chi connectivity index (χ3v) is 2.84. The van der Waals surface area contributed by atoms with E-state index in [1.54, 1.807) is 12.1 Å². The van der Waals surface area contributed by atoms with Crippen LogP contribution in [0, 0.1) is 5.41 Å². The van der Waals surface area contributed by atoms with Crippen molar-refractivity contribution in [1.82, 2.24) is 0 Å². The molecular formula is C9H8BrCl2NO. The molecule has 0 saturated carbocycles. The van der Waals surface area contributed by atoms with Gasteiger partial charge in [-0.2, -0.15) is 0 Å². The smallest absolute Gasteiger partial charge is 0.121 e. The second-order valence-corrected chi connectivity index (χ2v) is 3.95. The number of rotatable bonds is 3. The number of nitrogens with one attached hydrogen (secondary N) is 1. The fraction of sp³-hybridized carbons (Fsp3) is 0.222. The highest BCUT2D eigenvalue weighted by atomic mass is 79.9. The summed E-state index contributed by atoms with van der Waals surface area (Å²) in [5.74, 6) is 0.589. The molecule has 0 aliphatic heterocycles. The first-order valence-electron chi connectivity index (χ1n) is 3.77. The summed E-state index contributed by atoms with van der Waals surface area (Å²) in [7, 11) is 1.54. The highest BCUT2D eigenvalue weighted by Crippen LogP contribution is 2.30.